The number of nitrogens with one attached hydrogen (secondary N) is 1. The summed E-state index contributed by atoms with van der Waals surface area (Å²) in [6.45, 7) is 5.80. The molecule has 180 valence electrons. The molecular weight excluding hydrogens is 444 g/mol. The van der Waals surface area contributed by atoms with Gasteiger partial charge in [0.15, 0.2) is 11.5 Å². The van der Waals surface area contributed by atoms with Crippen LogP contribution in [0.1, 0.15) is 46.8 Å². The summed E-state index contributed by atoms with van der Waals surface area (Å²) >= 11 is 0. The van der Waals surface area contributed by atoms with E-state index in [1.54, 1.807) is 12.3 Å². The number of carbonyl (C=O) groups is 1. The van der Waals surface area contributed by atoms with Crippen LogP contribution in [0.4, 0.5) is 0 Å². The number of nitrogens with zero attached hydrogens (tertiary/aromatic N) is 3. The van der Waals surface area contributed by atoms with E-state index in [1.807, 2.05) is 54.9 Å². The fourth-order valence-corrected chi connectivity index (χ4v) is 4.31. The first-order chi connectivity index (χ1) is 17.1. The lowest BCUT2D eigenvalue weighted by Crippen LogP contribution is -2.29. The van der Waals surface area contributed by atoms with E-state index < -0.39 is 0 Å². The zero-order valence-electron chi connectivity index (χ0n) is 19.9. The number of carbonyl (C=O) groups excluding carboxylic acids is 1. The predicted octanol–water partition coefficient (Wildman–Crippen LogP) is 4.74. The van der Waals surface area contributed by atoms with Crippen molar-refractivity contribution in [3.63, 3.8) is 0 Å². The van der Waals surface area contributed by atoms with Gasteiger partial charge in [0, 0.05) is 23.9 Å². The second-order valence-electron chi connectivity index (χ2n) is 8.49. The molecule has 5 rings (SSSR count). The topological polar surface area (TPSA) is 91.4 Å². The number of ether oxygens (including phenoxy) is 2. The van der Waals surface area contributed by atoms with Gasteiger partial charge in [-0.05, 0) is 49.9 Å². The van der Waals surface area contributed by atoms with Gasteiger partial charge < -0.3 is 19.3 Å². The molecule has 1 unspecified atom stereocenters. The molecule has 1 aliphatic rings. The Morgan fingerprint density at radius 1 is 1.09 bits per heavy atom. The number of amides is 1. The fourth-order valence-electron chi connectivity index (χ4n) is 4.31. The van der Waals surface area contributed by atoms with Crippen molar-refractivity contribution in [2.24, 2.45) is 0 Å². The van der Waals surface area contributed by atoms with Crippen molar-refractivity contribution in [2.75, 3.05) is 13.2 Å². The maximum absolute atomic E-state index is 13.2. The molecule has 35 heavy (non-hydrogen) atoms. The molecule has 8 nitrogen and oxygen atoms in total. The Bertz CT molecular complexity index is 1310. The van der Waals surface area contributed by atoms with Crippen molar-refractivity contribution < 1.29 is 18.8 Å². The number of hydrogen-bond donors (Lipinski definition) is 1. The number of hydrogen-bond acceptors (Lipinski definition) is 6. The second-order valence-corrected chi connectivity index (χ2v) is 8.49. The zero-order chi connectivity index (χ0) is 24.2. The summed E-state index contributed by atoms with van der Waals surface area (Å²) in [5, 5.41) is 11.6. The first-order valence-electron chi connectivity index (χ1n) is 11.9. The first kappa shape index (κ1) is 22.7. The zero-order valence-corrected chi connectivity index (χ0v) is 19.9. The second kappa shape index (κ2) is 10.0. The third kappa shape index (κ3) is 4.91. The van der Waals surface area contributed by atoms with E-state index in [0.717, 1.165) is 35.5 Å². The van der Waals surface area contributed by atoms with E-state index in [9.17, 15) is 4.79 Å². The Labute approximate surface area is 203 Å². The summed E-state index contributed by atoms with van der Waals surface area (Å²) in [5.74, 6) is 1.25. The van der Waals surface area contributed by atoms with Gasteiger partial charge in [-0.3, -0.25) is 9.48 Å². The summed E-state index contributed by atoms with van der Waals surface area (Å²) in [5.41, 5.74) is 4.56. The van der Waals surface area contributed by atoms with Crippen LogP contribution in [0.3, 0.4) is 0 Å². The fraction of sp³-hybridized carbons (Fsp3) is 0.296. The average molecular weight is 473 g/mol. The number of aromatic nitrogens is 3. The minimum Gasteiger partial charge on any atom is -0.486 e. The van der Waals surface area contributed by atoms with E-state index in [0.29, 0.717) is 31.1 Å². The largest absolute Gasteiger partial charge is 0.486 e. The summed E-state index contributed by atoms with van der Waals surface area (Å²) in [6, 6.07) is 17.4. The molecular formula is C27H28N4O4. The highest BCUT2D eigenvalue weighted by Crippen LogP contribution is 2.34. The lowest BCUT2D eigenvalue weighted by molar-refractivity contribution is 0.0897. The van der Waals surface area contributed by atoms with Gasteiger partial charge in [-0.25, -0.2) is 0 Å². The normalized spacial score (nSPS) is 13.4. The van der Waals surface area contributed by atoms with E-state index in [1.165, 1.54) is 5.56 Å². The van der Waals surface area contributed by atoms with Crippen LogP contribution in [-0.4, -0.2) is 34.1 Å². The van der Waals surface area contributed by atoms with Gasteiger partial charge in [0.25, 0.3) is 5.91 Å². The third-order valence-electron chi connectivity index (χ3n) is 6.25. The highest BCUT2D eigenvalue weighted by atomic mass is 16.6. The lowest BCUT2D eigenvalue weighted by atomic mass is 9.98. The van der Waals surface area contributed by atoms with Crippen LogP contribution in [0.15, 0.2) is 65.3 Å². The number of benzene rings is 2. The van der Waals surface area contributed by atoms with E-state index in [2.05, 4.69) is 27.7 Å². The van der Waals surface area contributed by atoms with Gasteiger partial charge >= 0.3 is 0 Å². The van der Waals surface area contributed by atoms with Crippen molar-refractivity contribution in [2.45, 2.75) is 39.3 Å². The Balaban J connectivity index is 1.37. The highest BCUT2D eigenvalue weighted by molar-refractivity contribution is 5.92. The summed E-state index contributed by atoms with van der Waals surface area (Å²) in [6.07, 6.45) is 3.26. The maximum atomic E-state index is 13.2. The molecule has 1 aliphatic heterocycles. The molecule has 2 aromatic carbocycles. The molecule has 3 heterocycles. The van der Waals surface area contributed by atoms with Crippen molar-refractivity contribution in [3.8, 4) is 22.8 Å². The van der Waals surface area contributed by atoms with E-state index in [4.69, 9.17) is 14.0 Å². The van der Waals surface area contributed by atoms with Crippen molar-refractivity contribution >= 4 is 5.91 Å². The average Bonchev–Trinajstić information content (AvgIpc) is 3.53. The molecule has 0 saturated carbocycles. The SMILES string of the molecule is CCn1ncc(-c2cc(C(=O)NC(CCc3ccccc3)c3ccc4c(c3)OCCO4)on2)c1C. The Morgan fingerprint density at radius 2 is 1.89 bits per heavy atom. The molecule has 0 fully saturated rings. The Morgan fingerprint density at radius 3 is 2.66 bits per heavy atom. The van der Waals surface area contributed by atoms with Gasteiger partial charge in [-0.15, -0.1) is 0 Å². The van der Waals surface area contributed by atoms with Gasteiger partial charge in [0.05, 0.1) is 12.2 Å². The van der Waals surface area contributed by atoms with Crippen molar-refractivity contribution in [1.82, 2.24) is 20.3 Å². The van der Waals surface area contributed by atoms with Crippen LogP contribution in [0.2, 0.25) is 0 Å². The van der Waals surface area contributed by atoms with Gasteiger partial charge in [0.2, 0.25) is 5.76 Å². The summed E-state index contributed by atoms with van der Waals surface area (Å²) in [4.78, 5) is 13.2. The van der Waals surface area contributed by atoms with Gasteiger partial charge in [-0.1, -0.05) is 41.6 Å². The van der Waals surface area contributed by atoms with Crippen molar-refractivity contribution in [3.05, 3.63) is 83.4 Å². The molecule has 1 amide bonds. The van der Waals surface area contributed by atoms with Crippen LogP contribution < -0.4 is 14.8 Å². The molecule has 0 spiro atoms. The quantitative estimate of drug-likeness (QED) is 0.398. The van der Waals surface area contributed by atoms with Crippen LogP contribution >= 0.6 is 0 Å². The highest BCUT2D eigenvalue weighted by Gasteiger charge is 2.23. The monoisotopic (exact) mass is 472 g/mol. The smallest absolute Gasteiger partial charge is 0.290 e. The molecule has 2 aromatic heterocycles. The minimum atomic E-state index is -0.322. The van der Waals surface area contributed by atoms with Crippen LogP contribution in [0.25, 0.3) is 11.3 Å². The molecule has 0 aliphatic carbocycles. The molecule has 1 N–H and O–H groups in total. The van der Waals surface area contributed by atoms with Crippen LogP contribution in [0.5, 0.6) is 11.5 Å². The van der Waals surface area contributed by atoms with E-state index >= 15 is 0 Å². The number of fused-ring (bicyclic) bond motifs is 1. The van der Waals surface area contributed by atoms with Crippen LogP contribution in [0, 0.1) is 6.92 Å². The first-order valence-corrected chi connectivity index (χ1v) is 11.9. The Kier molecular flexibility index (Phi) is 6.52. The summed E-state index contributed by atoms with van der Waals surface area (Å²) in [7, 11) is 0. The standard InChI is InChI=1S/C27H28N4O4/c1-3-31-18(2)21(17-28-31)23-16-26(35-30-23)27(32)29-22(11-9-19-7-5-4-6-8-19)20-10-12-24-25(15-20)34-14-13-33-24/h4-8,10,12,15-17,22H,3,9,11,13-14H2,1-2H3,(H,29,32). The summed E-state index contributed by atoms with van der Waals surface area (Å²) < 4.78 is 18.7. The van der Waals surface area contributed by atoms with Crippen molar-refractivity contribution in [1.29, 1.82) is 0 Å². The predicted molar refractivity (Wildman–Crippen MR) is 131 cm³/mol. The molecule has 4 aromatic rings. The minimum absolute atomic E-state index is 0.158. The molecule has 8 heteroatoms. The third-order valence-corrected chi connectivity index (χ3v) is 6.25. The van der Waals surface area contributed by atoms with Crippen LogP contribution in [-0.2, 0) is 13.0 Å². The van der Waals surface area contributed by atoms with E-state index in [-0.39, 0.29) is 17.7 Å². The lowest BCUT2D eigenvalue weighted by Gasteiger charge is -2.23. The maximum Gasteiger partial charge on any atom is 0.290 e. The number of aryl methyl sites for hydroxylation is 2. The Hall–Kier alpha value is -4.07. The molecule has 0 bridgehead atoms. The molecule has 0 saturated heterocycles. The van der Waals surface area contributed by atoms with Gasteiger partial charge in [0.1, 0.15) is 18.9 Å². The van der Waals surface area contributed by atoms with Gasteiger partial charge in [-0.2, -0.15) is 5.10 Å². The molecule has 1 atom stereocenters. The molecule has 0 radical (unpaired) electrons. The number of rotatable bonds is 8.